The number of nitrogens with one attached hydrogen (secondary N) is 1. The van der Waals surface area contributed by atoms with Gasteiger partial charge in [0.25, 0.3) is 0 Å². The summed E-state index contributed by atoms with van der Waals surface area (Å²) < 4.78 is 1.87. The van der Waals surface area contributed by atoms with Crippen LogP contribution in [0.25, 0.3) is 5.69 Å². The van der Waals surface area contributed by atoms with Gasteiger partial charge in [-0.1, -0.05) is 12.1 Å². The Kier molecular flexibility index (Phi) is 5.48. The van der Waals surface area contributed by atoms with Gasteiger partial charge in [0.05, 0.1) is 5.69 Å². The standard InChI is InChI=1S/C22H25N5O/c1-17-12-21(27-11-3-10-24-27)7-5-19(17)15-26(14-18-4-2-9-23-13-18)16-20-6-8-22(28)25-20/h2-5,7,9-13,20H,6,8,14-16H2,1H3,(H,25,28)/t20-/m0/s1. The van der Waals surface area contributed by atoms with Crippen molar-refractivity contribution in [3.05, 3.63) is 77.9 Å². The van der Waals surface area contributed by atoms with E-state index >= 15 is 0 Å². The Morgan fingerprint density at radius 1 is 1.21 bits per heavy atom. The molecule has 144 valence electrons. The van der Waals surface area contributed by atoms with Crippen LogP contribution in [0, 0.1) is 6.92 Å². The van der Waals surface area contributed by atoms with Crippen molar-refractivity contribution in [2.45, 2.75) is 38.9 Å². The van der Waals surface area contributed by atoms with Crippen molar-refractivity contribution in [3.63, 3.8) is 0 Å². The lowest BCUT2D eigenvalue weighted by Crippen LogP contribution is -2.38. The number of benzene rings is 1. The number of carbonyl (C=O) groups excluding carboxylic acids is 1. The molecule has 0 aliphatic carbocycles. The number of rotatable bonds is 7. The van der Waals surface area contributed by atoms with E-state index in [2.05, 4.69) is 51.5 Å². The summed E-state index contributed by atoms with van der Waals surface area (Å²) in [6.45, 7) is 4.61. The zero-order valence-electron chi connectivity index (χ0n) is 16.1. The minimum atomic E-state index is 0.158. The van der Waals surface area contributed by atoms with Crippen molar-refractivity contribution in [1.29, 1.82) is 0 Å². The number of carbonyl (C=O) groups is 1. The predicted molar refractivity (Wildman–Crippen MR) is 108 cm³/mol. The zero-order valence-corrected chi connectivity index (χ0v) is 16.1. The molecule has 1 N–H and O–H groups in total. The van der Waals surface area contributed by atoms with Gasteiger partial charge in [-0.05, 0) is 54.3 Å². The van der Waals surface area contributed by atoms with E-state index in [4.69, 9.17) is 0 Å². The van der Waals surface area contributed by atoms with Crippen LogP contribution in [0.15, 0.2) is 61.2 Å². The largest absolute Gasteiger partial charge is 0.352 e. The van der Waals surface area contributed by atoms with Crippen molar-refractivity contribution in [1.82, 2.24) is 25.0 Å². The third-order valence-electron chi connectivity index (χ3n) is 5.18. The summed E-state index contributed by atoms with van der Waals surface area (Å²) in [6.07, 6.45) is 8.97. The lowest BCUT2D eigenvalue weighted by molar-refractivity contribution is -0.119. The second-order valence-corrected chi connectivity index (χ2v) is 7.40. The molecular weight excluding hydrogens is 350 g/mol. The van der Waals surface area contributed by atoms with Crippen molar-refractivity contribution in [2.24, 2.45) is 0 Å². The van der Waals surface area contributed by atoms with Gasteiger partial charge in [0.15, 0.2) is 0 Å². The minimum Gasteiger partial charge on any atom is -0.352 e. The van der Waals surface area contributed by atoms with E-state index in [0.29, 0.717) is 6.42 Å². The fraction of sp³-hybridized carbons (Fsp3) is 0.318. The predicted octanol–water partition coefficient (Wildman–Crippen LogP) is 2.86. The Balaban J connectivity index is 1.51. The van der Waals surface area contributed by atoms with E-state index < -0.39 is 0 Å². The third kappa shape index (κ3) is 4.46. The topological polar surface area (TPSA) is 63.1 Å². The molecule has 4 rings (SSSR count). The molecule has 0 spiro atoms. The maximum absolute atomic E-state index is 11.6. The van der Waals surface area contributed by atoms with Gasteiger partial charge in [-0.3, -0.25) is 14.7 Å². The normalized spacial score (nSPS) is 16.5. The fourth-order valence-corrected chi connectivity index (χ4v) is 3.72. The lowest BCUT2D eigenvalue weighted by atomic mass is 10.1. The molecule has 1 fully saturated rings. The van der Waals surface area contributed by atoms with E-state index in [9.17, 15) is 4.79 Å². The van der Waals surface area contributed by atoms with Crippen LogP contribution >= 0.6 is 0 Å². The Morgan fingerprint density at radius 2 is 2.14 bits per heavy atom. The van der Waals surface area contributed by atoms with Gasteiger partial charge < -0.3 is 5.32 Å². The fourth-order valence-electron chi connectivity index (χ4n) is 3.72. The number of pyridine rings is 1. The quantitative estimate of drug-likeness (QED) is 0.690. The molecule has 6 heteroatoms. The molecule has 2 aromatic heterocycles. The first-order chi connectivity index (χ1) is 13.7. The van der Waals surface area contributed by atoms with Gasteiger partial charge >= 0.3 is 0 Å². The molecule has 6 nitrogen and oxygen atoms in total. The molecule has 3 heterocycles. The first-order valence-electron chi connectivity index (χ1n) is 9.67. The molecule has 1 saturated heterocycles. The number of aromatic nitrogens is 3. The number of hydrogen-bond acceptors (Lipinski definition) is 4. The second-order valence-electron chi connectivity index (χ2n) is 7.40. The van der Waals surface area contributed by atoms with Crippen LogP contribution in [0.2, 0.25) is 0 Å². The van der Waals surface area contributed by atoms with Gasteiger partial charge in [0, 0.05) is 56.9 Å². The van der Waals surface area contributed by atoms with E-state index in [1.807, 2.05) is 29.2 Å². The van der Waals surface area contributed by atoms with Crippen LogP contribution in [0.4, 0.5) is 0 Å². The highest BCUT2D eigenvalue weighted by molar-refractivity contribution is 5.78. The van der Waals surface area contributed by atoms with E-state index in [-0.39, 0.29) is 11.9 Å². The van der Waals surface area contributed by atoms with E-state index in [0.717, 1.165) is 31.7 Å². The Hall–Kier alpha value is -2.99. The van der Waals surface area contributed by atoms with Gasteiger partial charge in [0.1, 0.15) is 0 Å². The van der Waals surface area contributed by atoms with Gasteiger partial charge in [-0.2, -0.15) is 5.10 Å². The van der Waals surface area contributed by atoms with Crippen LogP contribution in [0.3, 0.4) is 0 Å². The van der Waals surface area contributed by atoms with Gasteiger partial charge in [-0.25, -0.2) is 4.68 Å². The van der Waals surface area contributed by atoms with Crippen LogP contribution in [-0.2, 0) is 17.9 Å². The molecule has 1 atom stereocenters. The number of amides is 1. The molecule has 3 aromatic rings. The monoisotopic (exact) mass is 375 g/mol. The smallest absolute Gasteiger partial charge is 0.220 e. The summed E-state index contributed by atoms with van der Waals surface area (Å²) in [5, 5.41) is 7.40. The van der Waals surface area contributed by atoms with Gasteiger partial charge in [0.2, 0.25) is 5.91 Å². The Labute approximate surface area is 165 Å². The number of nitrogens with zero attached hydrogens (tertiary/aromatic N) is 4. The molecule has 1 amide bonds. The van der Waals surface area contributed by atoms with Crippen molar-refractivity contribution in [2.75, 3.05) is 6.54 Å². The molecular formula is C22H25N5O. The summed E-state index contributed by atoms with van der Waals surface area (Å²) in [4.78, 5) is 18.2. The summed E-state index contributed by atoms with van der Waals surface area (Å²) in [5.74, 6) is 0.158. The zero-order chi connectivity index (χ0) is 19.3. The average molecular weight is 375 g/mol. The third-order valence-corrected chi connectivity index (χ3v) is 5.18. The Morgan fingerprint density at radius 3 is 2.82 bits per heavy atom. The first-order valence-corrected chi connectivity index (χ1v) is 9.67. The number of hydrogen-bond donors (Lipinski definition) is 1. The first kappa shape index (κ1) is 18.4. The molecule has 0 bridgehead atoms. The van der Waals surface area contributed by atoms with Crippen molar-refractivity contribution in [3.8, 4) is 5.69 Å². The van der Waals surface area contributed by atoms with Crippen LogP contribution in [0.5, 0.6) is 0 Å². The maximum atomic E-state index is 11.6. The SMILES string of the molecule is Cc1cc(-n2cccn2)ccc1CN(Cc1cccnc1)C[C@@H]1CCC(=O)N1. The number of aryl methyl sites for hydroxylation is 1. The molecule has 0 radical (unpaired) electrons. The minimum absolute atomic E-state index is 0.158. The molecule has 1 aliphatic heterocycles. The maximum Gasteiger partial charge on any atom is 0.220 e. The van der Waals surface area contributed by atoms with E-state index in [1.54, 1.807) is 12.4 Å². The van der Waals surface area contributed by atoms with Crippen LogP contribution in [0.1, 0.15) is 29.5 Å². The lowest BCUT2D eigenvalue weighted by Gasteiger charge is -2.26. The van der Waals surface area contributed by atoms with E-state index in [1.165, 1.54) is 16.7 Å². The molecule has 1 aromatic carbocycles. The van der Waals surface area contributed by atoms with Crippen LogP contribution < -0.4 is 5.32 Å². The second kappa shape index (κ2) is 8.35. The Bertz CT molecular complexity index is 923. The highest BCUT2D eigenvalue weighted by Crippen LogP contribution is 2.19. The van der Waals surface area contributed by atoms with Gasteiger partial charge in [-0.15, -0.1) is 0 Å². The summed E-state index contributed by atoms with van der Waals surface area (Å²) in [6, 6.07) is 12.7. The molecule has 0 unspecified atom stereocenters. The highest BCUT2D eigenvalue weighted by atomic mass is 16.1. The van der Waals surface area contributed by atoms with Crippen molar-refractivity contribution >= 4 is 5.91 Å². The van der Waals surface area contributed by atoms with Crippen LogP contribution in [-0.4, -0.2) is 38.2 Å². The summed E-state index contributed by atoms with van der Waals surface area (Å²) >= 11 is 0. The molecule has 1 aliphatic rings. The summed E-state index contributed by atoms with van der Waals surface area (Å²) in [5.41, 5.74) is 4.76. The average Bonchev–Trinajstić information content (AvgIpc) is 3.36. The van der Waals surface area contributed by atoms with Crippen molar-refractivity contribution < 1.29 is 4.79 Å². The molecule has 28 heavy (non-hydrogen) atoms. The summed E-state index contributed by atoms with van der Waals surface area (Å²) in [7, 11) is 0. The highest BCUT2D eigenvalue weighted by Gasteiger charge is 2.23. The molecule has 0 saturated carbocycles.